The van der Waals surface area contributed by atoms with Gasteiger partial charge in [0.15, 0.2) is 0 Å². The van der Waals surface area contributed by atoms with E-state index in [1.807, 2.05) is 0 Å². The van der Waals surface area contributed by atoms with Crippen molar-refractivity contribution < 1.29 is 14.7 Å². The Labute approximate surface area is 170 Å². The van der Waals surface area contributed by atoms with E-state index in [1.54, 1.807) is 6.92 Å². The molecule has 1 aliphatic rings. The zero-order valence-electron chi connectivity index (χ0n) is 18.2. The van der Waals surface area contributed by atoms with Gasteiger partial charge in [0.05, 0.1) is 0 Å². The molecule has 0 fully saturated rings. The minimum Gasteiger partial charge on any atom is -0.480 e. The van der Waals surface area contributed by atoms with Crippen molar-refractivity contribution in [2.45, 2.75) is 96.9 Å². The average Bonchev–Trinajstić information content (AvgIpc) is 2.66. The molecular formula is C24H37NO3. The van der Waals surface area contributed by atoms with Gasteiger partial charge in [-0.1, -0.05) is 59.2 Å². The quantitative estimate of drug-likeness (QED) is 0.573. The standard InChI is InChI=1S/C24H37NO3/c1-6-21(23(27)28)25-22(26)9-7-8-14-24(5)17(4)10-11-19-15-18(16(2)3)12-13-20(19)24/h12-13,15-17,21H,6-11,14H2,1-5H3,(H,25,26)(H,27,28)/t17-,21+,24+/m1/s1. The van der Waals surface area contributed by atoms with Gasteiger partial charge >= 0.3 is 5.97 Å². The molecule has 0 radical (unpaired) electrons. The van der Waals surface area contributed by atoms with Gasteiger partial charge in [-0.2, -0.15) is 0 Å². The molecule has 4 nitrogen and oxygen atoms in total. The van der Waals surface area contributed by atoms with Gasteiger partial charge in [-0.25, -0.2) is 4.79 Å². The number of hydrogen-bond acceptors (Lipinski definition) is 2. The van der Waals surface area contributed by atoms with E-state index in [-0.39, 0.29) is 11.3 Å². The molecule has 3 atom stereocenters. The minimum absolute atomic E-state index is 0.145. The molecule has 156 valence electrons. The predicted molar refractivity (Wildman–Crippen MR) is 114 cm³/mol. The number of benzene rings is 1. The molecule has 2 N–H and O–H groups in total. The van der Waals surface area contributed by atoms with Crippen molar-refractivity contribution in [3.8, 4) is 0 Å². The van der Waals surface area contributed by atoms with Crippen molar-refractivity contribution in [1.29, 1.82) is 0 Å². The third-order valence-electron chi connectivity index (χ3n) is 6.74. The van der Waals surface area contributed by atoms with Crippen molar-refractivity contribution in [3.05, 3.63) is 34.9 Å². The lowest BCUT2D eigenvalue weighted by atomic mass is 9.62. The summed E-state index contributed by atoms with van der Waals surface area (Å²) in [4.78, 5) is 23.1. The van der Waals surface area contributed by atoms with Crippen molar-refractivity contribution in [1.82, 2.24) is 5.32 Å². The zero-order chi connectivity index (χ0) is 20.9. The second kappa shape index (κ2) is 9.58. The highest BCUT2D eigenvalue weighted by molar-refractivity contribution is 5.83. The van der Waals surface area contributed by atoms with Crippen LogP contribution in [0, 0.1) is 5.92 Å². The first-order valence-corrected chi connectivity index (χ1v) is 10.8. The van der Waals surface area contributed by atoms with Crippen LogP contribution in [-0.2, 0) is 21.4 Å². The van der Waals surface area contributed by atoms with Gasteiger partial charge in [-0.05, 0) is 66.0 Å². The number of nitrogens with one attached hydrogen (secondary N) is 1. The van der Waals surface area contributed by atoms with Gasteiger partial charge in [0.1, 0.15) is 6.04 Å². The second-order valence-corrected chi connectivity index (χ2v) is 9.00. The maximum Gasteiger partial charge on any atom is 0.326 e. The molecule has 2 rings (SSSR count). The van der Waals surface area contributed by atoms with Crippen LogP contribution < -0.4 is 5.32 Å². The highest BCUT2D eigenvalue weighted by Crippen LogP contribution is 2.45. The van der Waals surface area contributed by atoms with Crippen molar-refractivity contribution in [2.24, 2.45) is 5.92 Å². The van der Waals surface area contributed by atoms with E-state index in [2.05, 4.69) is 51.2 Å². The van der Waals surface area contributed by atoms with Crippen LogP contribution in [0.4, 0.5) is 0 Å². The van der Waals surface area contributed by atoms with Gasteiger partial charge in [0.25, 0.3) is 0 Å². The molecule has 1 aromatic carbocycles. The fourth-order valence-corrected chi connectivity index (χ4v) is 4.46. The number of fused-ring (bicyclic) bond motifs is 1. The number of carboxylic acids is 1. The van der Waals surface area contributed by atoms with E-state index in [0.29, 0.717) is 24.7 Å². The normalized spacial score (nSPS) is 22.6. The van der Waals surface area contributed by atoms with Gasteiger partial charge in [0.2, 0.25) is 5.91 Å². The average molecular weight is 388 g/mol. The maximum absolute atomic E-state index is 12.0. The molecule has 0 saturated carbocycles. The third kappa shape index (κ3) is 5.15. The summed E-state index contributed by atoms with van der Waals surface area (Å²) in [6, 6.07) is 6.25. The first-order chi connectivity index (χ1) is 13.2. The lowest BCUT2D eigenvalue weighted by Gasteiger charge is -2.42. The highest BCUT2D eigenvalue weighted by atomic mass is 16.4. The summed E-state index contributed by atoms with van der Waals surface area (Å²) in [5, 5.41) is 11.7. The molecule has 1 amide bonds. The number of unbranched alkanes of at least 4 members (excludes halogenated alkanes) is 1. The molecule has 0 unspecified atom stereocenters. The zero-order valence-corrected chi connectivity index (χ0v) is 18.2. The number of carbonyl (C=O) groups is 2. The number of hydrogen-bond donors (Lipinski definition) is 2. The number of carboxylic acid groups (broad SMARTS) is 1. The molecule has 0 saturated heterocycles. The van der Waals surface area contributed by atoms with Crippen LogP contribution in [0.3, 0.4) is 0 Å². The van der Waals surface area contributed by atoms with Crippen LogP contribution in [0.25, 0.3) is 0 Å². The lowest BCUT2D eigenvalue weighted by Crippen LogP contribution is -2.40. The first kappa shape index (κ1) is 22.4. The van der Waals surface area contributed by atoms with Gasteiger partial charge in [-0.3, -0.25) is 4.79 Å². The topological polar surface area (TPSA) is 66.4 Å². The Hall–Kier alpha value is -1.84. The molecular weight excluding hydrogens is 350 g/mol. The summed E-state index contributed by atoms with van der Waals surface area (Å²) in [6.45, 7) is 11.0. The lowest BCUT2D eigenvalue weighted by molar-refractivity contribution is -0.141. The number of amides is 1. The highest BCUT2D eigenvalue weighted by Gasteiger charge is 2.37. The van der Waals surface area contributed by atoms with E-state index in [1.165, 1.54) is 23.1 Å². The number of carbonyl (C=O) groups excluding carboxylic acids is 1. The van der Waals surface area contributed by atoms with Crippen LogP contribution in [0.1, 0.15) is 95.8 Å². The van der Waals surface area contributed by atoms with Crippen molar-refractivity contribution >= 4 is 11.9 Å². The van der Waals surface area contributed by atoms with E-state index in [0.717, 1.165) is 25.7 Å². The molecule has 28 heavy (non-hydrogen) atoms. The Balaban J connectivity index is 1.96. The SMILES string of the molecule is CC[C@H](NC(=O)CCCC[C@]1(C)c2ccc(C(C)C)cc2CC[C@H]1C)C(=O)O. The molecule has 0 aromatic heterocycles. The van der Waals surface area contributed by atoms with Crippen LogP contribution in [-0.4, -0.2) is 23.0 Å². The predicted octanol–water partition coefficient (Wildman–Crippen LogP) is 5.19. The number of rotatable bonds is 9. The molecule has 0 bridgehead atoms. The molecule has 4 heteroatoms. The molecule has 0 heterocycles. The molecule has 0 aliphatic heterocycles. The number of aliphatic carboxylic acids is 1. The summed E-state index contributed by atoms with van der Waals surface area (Å²) < 4.78 is 0. The van der Waals surface area contributed by atoms with Gasteiger partial charge in [-0.15, -0.1) is 0 Å². The van der Waals surface area contributed by atoms with Crippen LogP contribution in [0.2, 0.25) is 0 Å². The Bertz CT molecular complexity index is 697. The summed E-state index contributed by atoms with van der Waals surface area (Å²) >= 11 is 0. The minimum atomic E-state index is -0.961. The second-order valence-electron chi connectivity index (χ2n) is 9.00. The van der Waals surface area contributed by atoms with E-state index < -0.39 is 12.0 Å². The largest absolute Gasteiger partial charge is 0.480 e. The Morgan fingerprint density at radius 3 is 2.61 bits per heavy atom. The smallest absolute Gasteiger partial charge is 0.326 e. The molecule has 0 spiro atoms. The van der Waals surface area contributed by atoms with Crippen LogP contribution in [0.5, 0.6) is 0 Å². The Morgan fingerprint density at radius 2 is 2.00 bits per heavy atom. The van der Waals surface area contributed by atoms with E-state index >= 15 is 0 Å². The third-order valence-corrected chi connectivity index (χ3v) is 6.74. The summed E-state index contributed by atoms with van der Waals surface area (Å²) in [5.74, 6) is 0.0530. The maximum atomic E-state index is 12.0. The summed E-state index contributed by atoms with van der Waals surface area (Å²) in [7, 11) is 0. The summed E-state index contributed by atoms with van der Waals surface area (Å²) in [5.41, 5.74) is 4.54. The van der Waals surface area contributed by atoms with E-state index in [9.17, 15) is 9.59 Å². The van der Waals surface area contributed by atoms with Crippen molar-refractivity contribution in [3.63, 3.8) is 0 Å². The van der Waals surface area contributed by atoms with Crippen molar-refractivity contribution in [2.75, 3.05) is 0 Å². The van der Waals surface area contributed by atoms with Gasteiger partial charge < -0.3 is 10.4 Å². The molecule has 1 aliphatic carbocycles. The Morgan fingerprint density at radius 1 is 1.29 bits per heavy atom. The van der Waals surface area contributed by atoms with Crippen LogP contribution in [0.15, 0.2) is 18.2 Å². The fraction of sp³-hybridized carbons (Fsp3) is 0.667. The molecule has 1 aromatic rings. The number of aryl methyl sites for hydroxylation is 1. The Kier molecular flexibility index (Phi) is 7.68. The fourth-order valence-electron chi connectivity index (χ4n) is 4.46. The monoisotopic (exact) mass is 387 g/mol. The first-order valence-electron chi connectivity index (χ1n) is 10.8. The van der Waals surface area contributed by atoms with Crippen LogP contribution >= 0.6 is 0 Å². The summed E-state index contributed by atoms with van der Waals surface area (Å²) in [6.07, 6.45) is 6.00. The van der Waals surface area contributed by atoms with Gasteiger partial charge in [0, 0.05) is 6.42 Å². The van der Waals surface area contributed by atoms with E-state index in [4.69, 9.17) is 5.11 Å².